The number of amides is 1. The molecule has 4 nitrogen and oxygen atoms in total. The van der Waals surface area contributed by atoms with Gasteiger partial charge in [-0.3, -0.25) is 4.90 Å². The lowest BCUT2D eigenvalue weighted by Crippen LogP contribution is -2.38. The second kappa shape index (κ2) is 3.57. The van der Waals surface area contributed by atoms with E-state index in [2.05, 4.69) is 0 Å². The fraction of sp³-hybridized carbons (Fsp3) is 0.857. The average molecular weight is 159 g/mol. The summed E-state index contributed by atoms with van der Waals surface area (Å²) in [6, 6.07) is 0. The summed E-state index contributed by atoms with van der Waals surface area (Å²) in [6.45, 7) is 0.469. The zero-order valence-corrected chi connectivity index (χ0v) is 6.36. The van der Waals surface area contributed by atoms with Crippen molar-refractivity contribution < 1.29 is 15.0 Å². The monoisotopic (exact) mass is 159 g/mol. The summed E-state index contributed by atoms with van der Waals surface area (Å²) >= 11 is 0. The first-order chi connectivity index (χ1) is 5.22. The Bertz CT molecular complexity index is 149. The van der Waals surface area contributed by atoms with Gasteiger partial charge in [0.05, 0.1) is 0 Å². The van der Waals surface area contributed by atoms with E-state index in [0.29, 0.717) is 13.0 Å². The van der Waals surface area contributed by atoms with Crippen molar-refractivity contribution in [3.8, 4) is 0 Å². The van der Waals surface area contributed by atoms with Crippen molar-refractivity contribution in [2.45, 2.75) is 31.9 Å². The third-order valence-electron chi connectivity index (χ3n) is 1.97. The smallest absolute Gasteiger partial charge is 0.409 e. The minimum atomic E-state index is -1.01. The van der Waals surface area contributed by atoms with Gasteiger partial charge in [-0.15, -0.1) is 0 Å². The van der Waals surface area contributed by atoms with Crippen molar-refractivity contribution in [1.82, 2.24) is 4.90 Å². The molecule has 1 amide bonds. The van der Waals surface area contributed by atoms with Crippen molar-refractivity contribution in [1.29, 1.82) is 0 Å². The van der Waals surface area contributed by atoms with Crippen molar-refractivity contribution in [3.63, 3.8) is 0 Å². The number of hydrogen-bond acceptors (Lipinski definition) is 2. The van der Waals surface area contributed by atoms with E-state index in [1.807, 2.05) is 0 Å². The molecule has 0 aromatic rings. The molecule has 1 atom stereocenters. The maximum atomic E-state index is 10.5. The van der Waals surface area contributed by atoms with E-state index < -0.39 is 12.3 Å². The van der Waals surface area contributed by atoms with Crippen LogP contribution >= 0.6 is 0 Å². The normalized spacial score (nSPS) is 26.3. The van der Waals surface area contributed by atoms with Crippen molar-refractivity contribution in [3.05, 3.63) is 0 Å². The van der Waals surface area contributed by atoms with Gasteiger partial charge in [-0.2, -0.15) is 0 Å². The number of likely N-dealkylation sites (tertiary alicyclic amines) is 1. The van der Waals surface area contributed by atoms with E-state index >= 15 is 0 Å². The molecule has 1 saturated heterocycles. The summed E-state index contributed by atoms with van der Waals surface area (Å²) in [7, 11) is 0. The van der Waals surface area contributed by atoms with Gasteiger partial charge in [0.2, 0.25) is 0 Å². The highest BCUT2D eigenvalue weighted by Crippen LogP contribution is 2.14. The van der Waals surface area contributed by atoms with Crippen LogP contribution in [0.3, 0.4) is 0 Å². The molecule has 1 heterocycles. The molecular weight excluding hydrogens is 146 g/mol. The third-order valence-corrected chi connectivity index (χ3v) is 1.97. The molecule has 11 heavy (non-hydrogen) atoms. The number of nitrogens with zero attached hydrogens (tertiary/aromatic N) is 1. The molecule has 0 spiro atoms. The van der Waals surface area contributed by atoms with E-state index in [4.69, 9.17) is 5.11 Å². The highest BCUT2D eigenvalue weighted by atomic mass is 16.4. The summed E-state index contributed by atoms with van der Waals surface area (Å²) in [6.07, 6.45) is 1.58. The number of aliphatic hydroxyl groups excluding tert-OH is 1. The molecule has 1 fully saturated rings. The Balaban J connectivity index is 2.52. The maximum Gasteiger partial charge on any atom is 0.409 e. The van der Waals surface area contributed by atoms with Crippen LogP contribution in [0.4, 0.5) is 4.79 Å². The Kier molecular flexibility index (Phi) is 2.70. The lowest BCUT2D eigenvalue weighted by atomic mass is 10.2. The molecule has 64 valence electrons. The summed E-state index contributed by atoms with van der Waals surface area (Å²) in [5, 5.41) is 17.9. The second-order valence-electron chi connectivity index (χ2n) is 2.81. The Morgan fingerprint density at radius 2 is 2.09 bits per heavy atom. The molecule has 1 aliphatic rings. The van der Waals surface area contributed by atoms with Crippen LogP contribution < -0.4 is 0 Å². The fourth-order valence-corrected chi connectivity index (χ4v) is 1.31. The summed E-state index contributed by atoms with van der Waals surface area (Å²) in [5.41, 5.74) is 0. The predicted molar refractivity (Wildman–Crippen MR) is 39.2 cm³/mol. The topological polar surface area (TPSA) is 60.8 Å². The number of hydrogen-bond donors (Lipinski definition) is 2. The van der Waals surface area contributed by atoms with Crippen LogP contribution in [0.5, 0.6) is 0 Å². The highest BCUT2D eigenvalue weighted by molar-refractivity contribution is 5.65. The van der Waals surface area contributed by atoms with Crippen molar-refractivity contribution in [2.75, 3.05) is 6.54 Å². The lowest BCUT2D eigenvalue weighted by Gasteiger charge is -2.21. The van der Waals surface area contributed by atoms with Gasteiger partial charge in [0.25, 0.3) is 0 Å². The van der Waals surface area contributed by atoms with Gasteiger partial charge >= 0.3 is 6.09 Å². The van der Waals surface area contributed by atoms with Crippen LogP contribution in [0.15, 0.2) is 0 Å². The second-order valence-corrected chi connectivity index (χ2v) is 2.81. The van der Waals surface area contributed by atoms with Crippen molar-refractivity contribution >= 4 is 6.09 Å². The van der Waals surface area contributed by atoms with E-state index in [-0.39, 0.29) is 0 Å². The van der Waals surface area contributed by atoms with Gasteiger partial charge in [-0.1, -0.05) is 6.42 Å². The zero-order chi connectivity index (χ0) is 8.27. The zero-order valence-electron chi connectivity index (χ0n) is 6.36. The molecule has 0 bridgehead atoms. The Morgan fingerprint density at radius 3 is 2.73 bits per heavy atom. The summed E-state index contributed by atoms with van der Waals surface area (Å²) in [5.74, 6) is 0. The third kappa shape index (κ3) is 2.08. The van der Waals surface area contributed by atoms with Crippen molar-refractivity contribution in [2.24, 2.45) is 0 Å². The number of rotatable bonds is 0. The van der Waals surface area contributed by atoms with Gasteiger partial charge in [0.1, 0.15) is 6.23 Å². The number of aliphatic hydroxyl groups is 1. The van der Waals surface area contributed by atoms with Gasteiger partial charge in [0.15, 0.2) is 0 Å². The van der Waals surface area contributed by atoms with Crippen LogP contribution in [0.25, 0.3) is 0 Å². The molecule has 1 rings (SSSR count). The largest absolute Gasteiger partial charge is 0.465 e. The van der Waals surface area contributed by atoms with E-state index in [1.165, 1.54) is 0 Å². The molecule has 0 aliphatic carbocycles. The van der Waals surface area contributed by atoms with Gasteiger partial charge < -0.3 is 10.2 Å². The molecule has 0 aromatic carbocycles. The Hall–Kier alpha value is -0.770. The standard InChI is InChI=1S/C7H13NO3/c9-6-4-2-1-3-5-8(6)7(10)11/h6,9H,1-5H2,(H,10,11). The van der Waals surface area contributed by atoms with Gasteiger partial charge in [0, 0.05) is 6.54 Å². The molecule has 0 aromatic heterocycles. The molecule has 4 heteroatoms. The highest BCUT2D eigenvalue weighted by Gasteiger charge is 2.22. The first-order valence-corrected chi connectivity index (χ1v) is 3.89. The first kappa shape index (κ1) is 8.33. The average Bonchev–Trinajstić information content (AvgIpc) is 2.13. The minimum Gasteiger partial charge on any atom is -0.465 e. The van der Waals surface area contributed by atoms with Gasteiger partial charge in [-0.05, 0) is 19.3 Å². The minimum absolute atomic E-state index is 0.469. The Labute approximate surface area is 65.4 Å². The molecule has 2 N–H and O–H groups in total. The van der Waals surface area contributed by atoms with Crippen LogP contribution in [0.1, 0.15) is 25.7 Å². The molecule has 1 aliphatic heterocycles. The first-order valence-electron chi connectivity index (χ1n) is 3.89. The summed E-state index contributed by atoms with van der Waals surface area (Å²) in [4.78, 5) is 11.6. The number of carboxylic acid groups (broad SMARTS) is 1. The molecular formula is C7H13NO3. The number of carbonyl (C=O) groups is 1. The van der Waals surface area contributed by atoms with Crippen LogP contribution in [0, 0.1) is 0 Å². The fourth-order valence-electron chi connectivity index (χ4n) is 1.31. The van der Waals surface area contributed by atoms with E-state index in [0.717, 1.165) is 24.2 Å². The van der Waals surface area contributed by atoms with E-state index in [9.17, 15) is 9.90 Å². The predicted octanol–water partition coefficient (Wildman–Crippen LogP) is 0.859. The molecule has 1 unspecified atom stereocenters. The van der Waals surface area contributed by atoms with Gasteiger partial charge in [-0.25, -0.2) is 4.79 Å². The maximum absolute atomic E-state index is 10.5. The molecule has 0 radical (unpaired) electrons. The SMILES string of the molecule is O=C(O)N1CCCCCC1O. The summed E-state index contributed by atoms with van der Waals surface area (Å²) < 4.78 is 0. The van der Waals surface area contributed by atoms with E-state index in [1.54, 1.807) is 0 Å². The quantitative estimate of drug-likeness (QED) is 0.551. The Morgan fingerprint density at radius 1 is 1.36 bits per heavy atom. The van der Waals surface area contributed by atoms with Crippen LogP contribution in [-0.2, 0) is 0 Å². The van der Waals surface area contributed by atoms with Crippen LogP contribution in [-0.4, -0.2) is 34.0 Å². The van der Waals surface area contributed by atoms with Crippen LogP contribution in [0.2, 0.25) is 0 Å². The molecule has 0 saturated carbocycles. The lowest BCUT2D eigenvalue weighted by molar-refractivity contribution is 0.0131.